The Balaban J connectivity index is 2.02. The number of anilines is 1. The van der Waals surface area contributed by atoms with E-state index in [0.717, 1.165) is 30.6 Å². The number of nitrogens with zero attached hydrogens (tertiary/aromatic N) is 2. The third-order valence-electron chi connectivity index (χ3n) is 5.15. The zero-order valence-electron chi connectivity index (χ0n) is 15.9. The number of halogens is 2. The first-order chi connectivity index (χ1) is 12.3. The van der Waals surface area contributed by atoms with Crippen LogP contribution in [0.15, 0.2) is 41.4 Å². The first kappa shape index (κ1) is 18.6. The monoisotopic (exact) mass is 356 g/mol. The molecule has 4 heteroatoms. The van der Waals surface area contributed by atoms with Gasteiger partial charge in [0.15, 0.2) is 0 Å². The van der Waals surface area contributed by atoms with E-state index in [2.05, 4.69) is 37.6 Å². The molecule has 0 aliphatic carbocycles. The van der Waals surface area contributed by atoms with Crippen molar-refractivity contribution >= 4 is 17.6 Å². The van der Waals surface area contributed by atoms with E-state index in [4.69, 9.17) is 0 Å². The standard InChI is InChI=1S/C22H26F2N2/c1-5-10-26-21-12-19(24)16(11-17(21)15(2)13-22(26,3)4)14-25-20-9-7-6-8-18(20)23/h6-9,11-12,14-15H,5,10,13H2,1-4H3. The molecular weight excluding hydrogens is 330 g/mol. The molecule has 0 radical (unpaired) electrons. The molecule has 1 atom stereocenters. The average molecular weight is 356 g/mol. The third-order valence-corrected chi connectivity index (χ3v) is 5.15. The number of aliphatic imine (C=N–C) groups is 1. The molecule has 1 aliphatic rings. The molecule has 26 heavy (non-hydrogen) atoms. The molecule has 1 aliphatic heterocycles. The van der Waals surface area contributed by atoms with Crippen LogP contribution >= 0.6 is 0 Å². The second-order valence-corrected chi connectivity index (χ2v) is 7.71. The van der Waals surface area contributed by atoms with Gasteiger partial charge in [-0.3, -0.25) is 4.99 Å². The summed E-state index contributed by atoms with van der Waals surface area (Å²) in [5.41, 5.74) is 2.71. The van der Waals surface area contributed by atoms with Crippen molar-refractivity contribution in [2.24, 2.45) is 4.99 Å². The molecule has 0 aromatic heterocycles. The highest BCUT2D eigenvalue weighted by molar-refractivity contribution is 5.84. The molecular formula is C22H26F2N2. The van der Waals surface area contributed by atoms with Gasteiger partial charge in [-0.1, -0.05) is 26.0 Å². The minimum Gasteiger partial charge on any atom is -0.366 e. The van der Waals surface area contributed by atoms with Crippen LogP contribution in [0.2, 0.25) is 0 Å². The summed E-state index contributed by atoms with van der Waals surface area (Å²) in [6, 6.07) is 9.74. The fourth-order valence-corrected chi connectivity index (χ4v) is 3.96. The van der Waals surface area contributed by atoms with Gasteiger partial charge in [0, 0.05) is 29.5 Å². The first-order valence-electron chi connectivity index (χ1n) is 9.23. The summed E-state index contributed by atoms with van der Waals surface area (Å²) in [4.78, 5) is 6.45. The van der Waals surface area contributed by atoms with Gasteiger partial charge in [-0.2, -0.15) is 0 Å². The van der Waals surface area contributed by atoms with Crippen molar-refractivity contribution in [2.45, 2.75) is 52.0 Å². The molecule has 0 N–H and O–H groups in total. The van der Waals surface area contributed by atoms with Gasteiger partial charge < -0.3 is 4.90 Å². The molecule has 0 amide bonds. The quantitative estimate of drug-likeness (QED) is 0.594. The van der Waals surface area contributed by atoms with E-state index in [0.29, 0.717) is 11.5 Å². The van der Waals surface area contributed by atoms with Crippen molar-refractivity contribution in [1.82, 2.24) is 0 Å². The predicted molar refractivity (Wildman–Crippen MR) is 105 cm³/mol. The highest BCUT2D eigenvalue weighted by atomic mass is 19.1. The Hall–Kier alpha value is -2.23. The first-order valence-corrected chi connectivity index (χ1v) is 9.23. The van der Waals surface area contributed by atoms with Gasteiger partial charge in [0.2, 0.25) is 0 Å². The maximum atomic E-state index is 14.8. The highest BCUT2D eigenvalue weighted by Crippen LogP contribution is 2.44. The Kier molecular flexibility index (Phi) is 5.12. The Bertz CT molecular complexity index is 827. The van der Waals surface area contributed by atoms with Crippen molar-refractivity contribution in [1.29, 1.82) is 0 Å². The smallest absolute Gasteiger partial charge is 0.148 e. The number of para-hydroxylation sites is 1. The summed E-state index contributed by atoms with van der Waals surface area (Å²) in [6.07, 6.45) is 3.44. The number of hydrogen-bond acceptors (Lipinski definition) is 2. The maximum Gasteiger partial charge on any atom is 0.148 e. The molecule has 2 aromatic carbocycles. The van der Waals surface area contributed by atoms with Crippen LogP contribution < -0.4 is 4.90 Å². The lowest BCUT2D eigenvalue weighted by atomic mass is 9.79. The SMILES string of the molecule is CCCN1c2cc(F)c(C=Nc3ccccc3F)cc2C(C)CC1(C)C. The molecule has 2 nitrogen and oxygen atoms in total. The van der Waals surface area contributed by atoms with Crippen molar-refractivity contribution in [3.05, 3.63) is 59.2 Å². The highest BCUT2D eigenvalue weighted by Gasteiger charge is 2.36. The normalized spacial score (nSPS) is 19.0. The summed E-state index contributed by atoms with van der Waals surface area (Å²) in [5, 5.41) is 0. The molecule has 2 aromatic rings. The van der Waals surface area contributed by atoms with Crippen LogP contribution in [0, 0.1) is 11.6 Å². The summed E-state index contributed by atoms with van der Waals surface area (Å²) in [6.45, 7) is 9.65. The number of hydrogen-bond donors (Lipinski definition) is 0. The Morgan fingerprint density at radius 1 is 1.19 bits per heavy atom. The predicted octanol–water partition coefficient (Wildman–Crippen LogP) is 6.22. The summed E-state index contributed by atoms with van der Waals surface area (Å²) in [7, 11) is 0. The molecule has 0 fully saturated rings. The third kappa shape index (κ3) is 3.50. The van der Waals surface area contributed by atoms with E-state index in [9.17, 15) is 8.78 Å². The van der Waals surface area contributed by atoms with Crippen LogP contribution in [-0.4, -0.2) is 18.3 Å². The molecule has 0 saturated carbocycles. The van der Waals surface area contributed by atoms with Gasteiger partial charge in [0.25, 0.3) is 0 Å². The van der Waals surface area contributed by atoms with Gasteiger partial charge in [0.05, 0.1) is 5.69 Å². The van der Waals surface area contributed by atoms with Crippen molar-refractivity contribution in [2.75, 3.05) is 11.4 Å². The summed E-state index contributed by atoms with van der Waals surface area (Å²) in [5.74, 6) is -0.407. The van der Waals surface area contributed by atoms with Gasteiger partial charge >= 0.3 is 0 Å². The fraction of sp³-hybridized carbons (Fsp3) is 0.409. The minimum atomic E-state index is -0.411. The van der Waals surface area contributed by atoms with E-state index in [-0.39, 0.29) is 17.0 Å². The van der Waals surface area contributed by atoms with Gasteiger partial charge in [-0.15, -0.1) is 0 Å². The van der Waals surface area contributed by atoms with Gasteiger partial charge in [0.1, 0.15) is 11.6 Å². The Labute approximate surface area is 154 Å². The molecule has 0 bridgehead atoms. The van der Waals surface area contributed by atoms with Crippen LogP contribution in [0.4, 0.5) is 20.2 Å². The van der Waals surface area contributed by atoms with E-state index in [1.54, 1.807) is 24.3 Å². The van der Waals surface area contributed by atoms with Crippen molar-refractivity contribution in [3.63, 3.8) is 0 Å². The topological polar surface area (TPSA) is 15.6 Å². The summed E-state index contributed by atoms with van der Waals surface area (Å²) < 4.78 is 28.5. The second-order valence-electron chi connectivity index (χ2n) is 7.71. The number of benzene rings is 2. The maximum absolute atomic E-state index is 14.8. The molecule has 138 valence electrons. The largest absolute Gasteiger partial charge is 0.366 e. The molecule has 3 rings (SSSR count). The van der Waals surface area contributed by atoms with E-state index >= 15 is 0 Å². The lowest BCUT2D eigenvalue weighted by Crippen LogP contribution is -2.48. The average Bonchev–Trinajstić information content (AvgIpc) is 2.58. The second kappa shape index (κ2) is 7.18. The van der Waals surface area contributed by atoms with Crippen LogP contribution in [0.1, 0.15) is 57.6 Å². The van der Waals surface area contributed by atoms with Gasteiger partial charge in [-0.05, 0) is 62.4 Å². The van der Waals surface area contributed by atoms with E-state index in [1.165, 1.54) is 12.3 Å². The zero-order chi connectivity index (χ0) is 18.9. The van der Waals surface area contributed by atoms with Crippen LogP contribution in [0.25, 0.3) is 0 Å². The number of rotatable bonds is 4. The molecule has 1 unspecified atom stereocenters. The number of fused-ring (bicyclic) bond motifs is 1. The Morgan fingerprint density at radius 3 is 2.62 bits per heavy atom. The van der Waals surface area contributed by atoms with E-state index < -0.39 is 5.82 Å². The van der Waals surface area contributed by atoms with E-state index in [1.807, 2.05) is 6.07 Å². The zero-order valence-corrected chi connectivity index (χ0v) is 15.9. The molecule has 0 saturated heterocycles. The van der Waals surface area contributed by atoms with Crippen molar-refractivity contribution < 1.29 is 8.78 Å². The van der Waals surface area contributed by atoms with Crippen LogP contribution in [0.3, 0.4) is 0 Å². The Morgan fingerprint density at radius 2 is 1.92 bits per heavy atom. The lowest BCUT2D eigenvalue weighted by Gasteiger charge is -2.47. The fourth-order valence-electron chi connectivity index (χ4n) is 3.96. The summed E-state index contributed by atoms with van der Waals surface area (Å²) >= 11 is 0. The molecule has 1 heterocycles. The van der Waals surface area contributed by atoms with Crippen LogP contribution in [-0.2, 0) is 0 Å². The van der Waals surface area contributed by atoms with Crippen molar-refractivity contribution in [3.8, 4) is 0 Å². The minimum absolute atomic E-state index is 0.00234. The lowest BCUT2D eigenvalue weighted by molar-refractivity contribution is 0.375. The van der Waals surface area contributed by atoms with Gasteiger partial charge in [-0.25, -0.2) is 8.78 Å². The van der Waals surface area contributed by atoms with Crippen LogP contribution in [0.5, 0.6) is 0 Å². The molecule has 0 spiro atoms.